The molecule has 2 heteroatoms. The van der Waals surface area contributed by atoms with E-state index in [0.29, 0.717) is 0 Å². The highest BCUT2D eigenvalue weighted by Gasteiger charge is 2.07. The Bertz CT molecular complexity index is 225. The second-order valence-electron chi connectivity index (χ2n) is 2.46. The minimum atomic E-state index is 1.22. The van der Waals surface area contributed by atoms with E-state index in [1.807, 2.05) is 59.0 Å². The summed E-state index contributed by atoms with van der Waals surface area (Å²) in [4.78, 5) is 0. The molecule has 0 unspecified atom stereocenters. The Hall–Kier alpha value is -1.02. The zero-order valence-electron chi connectivity index (χ0n) is 11.3. The largest absolute Gasteiger partial charge is 0.285 e. The van der Waals surface area contributed by atoms with Crippen LogP contribution < -0.4 is 5.43 Å². The highest BCUT2D eigenvalue weighted by atomic mass is 15.5. The summed E-state index contributed by atoms with van der Waals surface area (Å²) < 4.78 is 0. The summed E-state index contributed by atoms with van der Waals surface area (Å²) in [5.41, 5.74) is 5.57. The molecular weight excluding hydrogens is 184 g/mol. The van der Waals surface area contributed by atoms with Crippen LogP contribution in [-0.4, -0.2) is 12.1 Å². The third kappa shape index (κ3) is 5.43. The van der Waals surface area contributed by atoms with Crippen LogP contribution in [0.4, 0.5) is 0 Å². The zero-order valence-corrected chi connectivity index (χ0v) is 11.3. The zero-order chi connectivity index (χ0) is 12.3. The number of nitrogens with zero attached hydrogens (tertiary/aromatic N) is 1. The van der Waals surface area contributed by atoms with Crippen molar-refractivity contribution in [1.29, 1.82) is 0 Å². The third-order valence-corrected chi connectivity index (χ3v) is 1.76. The van der Waals surface area contributed by atoms with E-state index < -0.39 is 0 Å². The summed E-state index contributed by atoms with van der Waals surface area (Å²) in [7, 11) is 1.91. The first-order chi connectivity index (χ1) is 7.29. The summed E-state index contributed by atoms with van der Waals surface area (Å²) >= 11 is 0. The van der Waals surface area contributed by atoms with Gasteiger partial charge in [-0.15, -0.1) is 0 Å². The molecular formula is C13H26N2. The van der Waals surface area contributed by atoms with E-state index in [2.05, 4.69) is 24.5 Å². The molecule has 2 nitrogen and oxygen atoms in total. The molecule has 15 heavy (non-hydrogen) atoms. The summed E-state index contributed by atoms with van der Waals surface area (Å²) in [6.07, 6.45) is 8.22. The number of hydrogen-bond donors (Lipinski definition) is 1. The van der Waals surface area contributed by atoms with Crippen LogP contribution in [0.1, 0.15) is 41.5 Å². The van der Waals surface area contributed by atoms with Crippen LogP contribution in [0.25, 0.3) is 0 Å². The maximum atomic E-state index is 3.07. The summed E-state index contributed by atoms with van der Waals surface area (Å²) in [6.45, 7) is 12.1. The first-order valence-electron chi connectivity index (χ1n) is 5.78. The van der Waals surface area contributed by atoms with Crippen molar-refractivity contribution >= 4 is 0 Å². The lowest BCUT2D eigenvalue weighted by atomic mass is 10.1. The van der Waals surface area contributed by atoms with Gasteiger partial charge in [0.25, 0.3) is 0 Å². The van der Waals surface area contributed by atoms with Gasteiger partial charge in [0.05, 0.1) is 5.70 Å². The number of rotatable bonds is 1. The molecule has 0 atom stereocenters. The Morgan fingerprint density at radius 1 is 1.20 bits per heavy atom. The van der Waals surface area contributed by atoms with Gasteiger partial charge in [0.15, 0.2) is 0 Å². The van der Waals surface area contributed by atoms with Crippen molar-refractivity contribution in [3.8, 4) is 0 Å². The van der Waals surface area contributed by atoms with Gasteiger partial charge >= 0.3 is 0 Å². The number of hydrogen-bond acceptors (Lipinski definition) is 2. The van der Waals surface area contributed by atoms with Crippen LogP contribution in [0.15, 0.2) is 35.7 Å². The van der Waals surface area contributed by atoms with Crippen LogP contribution in [0.5, 0.6) is 0 Å². The van der Waals surface area contributed by atoms with Crippen molar-refractivity contribution in [2.24, 2.45) is 0 Å². The van der Waals surface area contributed by atoms with Crippen LogP contribution in [-0.2, 0) is 0 Å². The molecule has 1 N–H and O–H groups in total. The lowest BCUT2D eigenvalue weighted by Gasteiger charge is -2.25. The molecule has 0 amide bonds. The second kappa shape index (κ2) is 11.1. The van der Waals surface area contributed by atoms with Crippen molar-refractivity contribution in [3.63, 3.8) is 0 Å². The molecule has 0 fully saturated rings. The highest BCUT2D eigenvalue weighted by Crippen LogP contribution is 2.16. The summed E-state index contributed by atoms with van der Waals surface area (Å²) in [6, 6.07) is 0. The van der Waals surface area contributed by atoms with Crippen molar-refractivity contribution in [3.05, 3.63) is 35.7 Å². The molecule has 0 aromatic rings. The molecule has 0 bridgehead atoms. The van der Waals surface area contributed by atoms with Gasteiger partial charge in [-0.1, -0.05) is 39.8 Å². The van der Waals surface area contributed by atoms with Gasteiger partial charge in [-0.25, -0.2) is 5.43 Å². The van der Waals surface area contributed by atoms with Gasteiger partial charge in [0.2, 0.25) is 0 Å². The molecule has 0 aliphatic carbocycles. The van der Waals surface area contributed by atoms with E-state index in [1.54, 1.807) is 0 Å². The average Bonchev–Trinajstić information content (AvgIpc) is 2.33. The van der Waals surface area contributed by atoms with Gasteiger partial charge in [-0.2, -0.15) is 0 Å². The van der Waals surface area contributed by atoms with Gasteiger partial charge in [0, 0.05) is 13.2 Å². The van der Waals surface area contributed by atoms with Gasteiger partial charge in [-0.05, 0) is 25.5 Å². The van der Waals surface area contributed by atoms with Crippen molar-refractivity contribution in [1.82, 2.24) is 10.4 Å². The van der Waals surface area contributed by atoms with Crippen LogP contribution in [0.3, 0.4) is 0 Å². The lowest BCUT2D eigenvalue weighted by Crippen LogP contribution is -2.30. The molecule has 88 valence electrons. The molecule has 0 radical (unpaired) electrons. The summed E-state index contributed by atoms with van der Waals surface area (Å²) in [5, 5.41) is 2.00. The molecule has 1 aliphatic rings. The quantitative estimate of drug-likeness (QED) is 0.707. The van der Waals surface area contributed by atoms with E-state index in [0.717, 1.165) is 0 Å². The third-order valence-electron chi connectivity index (χ3n) is 1.76. The molecule has 0 aromatic carbocycles. The standard InChI is InChI=1S/C9H14N2.2C2H6/c1-4-9-8(2)6-5-7-11(9)10-3;2*1-2/h4-7,10H,1-3H3;2*1-2H3/b9-4-;;. The molecule has 1 rings (SSSR count). The van der Waals surface area contributed by atoms with E-state index >= 15 is 0 Å². The first kappa shape index (κ1) is 16.4. The van der Waals surface area contributed by atoms with Crippen LogP contribution >= 0.6 is 0 Å². The SMILES string of the molecule is C/C=C1/C(C)=CC=CN1NC.CC.CC. The Labute approximate surface area is 95.3 Å². The average molecular weight is 210 g/mol. The van der Waals surface area contributed by atoms with E-state index in [9.17, 15) is 0 Å². The predicted octanol–water partition coefficient (Wildman–Crippen LogP) is 3.85. The number of nitrogens with one attached hydrogen (secondary N) is 1. The lowest BCUT2D eigenvalue weighted by molar-refractivity contribution is 0.377. The molecule has 1 aliphatic heterocycles. The molecule has 0 saturated heterocycles. The fourth-order valence-corrected chi connectivity index (χ4v) is 1.19. The minimum absolute atomic E-state index is 1.22. The van der Waals surface area contributed by atoms with E-state index in [-0.39, 0.29) is 0 Å². The Morgan fingerprint density at radius 3 is 2.07 bits per heavy atom. The molecule has 0 aromatic heterocycles. The molecule has 0 saturated carbocycles. The highest BCUT2D eigenvalue weighted by molar-refractivity contribution is 5.34. The van der Waals surface area contributed by atoms with E-state index in [4.69, 9.17) is 0 Å². The monoisotopic (exact) mass is 210 g/mol. The normalized spacial score (nSPS) is 16.1. The van der Waals surface area contributed by atoms with Crippen LogP contribution in [0.2, 0.25) is 0 Å². The van der Waals surface area contributed by atoms with Gasteiger partial charge in [-0.3, -0.25) is 5.01 Å². The second-order valence-corrected chi connectivity index (χ2v) is 2.46. The topological polar surface area (TPSA) is 15.3 Å². The molecule has 1 heterocycles. The van der Waals surface area contributed by atoms with Crippen LogP contribution in [0, 0.1) is 0 Å². The number of allylic oxidation sites excluding steroid dienone is 4. The number of hydrazine groups is 1. The Balaban J connectivity index is 0. The predicted molar refractivity (Wildman–Crippen MR) is 70.2 cm³/mol. The smallest absolute Gasteiger partial charge is 0.0557 e. The van der Waals surface area contributed by atoms with E-state index in [1.165, 1.54) is 11.3 Å². The van der Waals surface area contributed by atoms with Gasteiger partial charge < -0.3 is 0 Å². The van der Waals surface area contributed by atoms with Crippen molar-refractivity contribution < 1.29 is 0 Å². The maximum absolute atomic E-state index is 3.07. The Kier molecular flexibility index (Phi) is 12.1. The van der Waals surface area contributed by atoms with Crippen molar-refractivity contribution in [2.75, 3.05) is 7.05 Å². The fraction of sp³-hybridized carbons (Fsp3) is 0.538. The maximum Gasteiger partial charge on any atom is 0.0557 e. The minimum Gasteiger partial charge on any atom is -0.285 e. The Morgan fingerprint density at radius 2 is 1.73 bits per heavy atom. The fourth-order valence-electron chi connectivity index (χ4n) is 1.19. The molecule has 0 spiro atoms. The first-order valence-corrected chi connectivity index (χ1v) is 5.78. The van der Waals surface area contributed by atoms with Gasteiger partial charge in [0.1, 0.15) is 0 Å². The summed E-state index contributed by atoms with van der Waals surface area (Å²) in [5.74, 6) is 0. The van der Waals surface area contributed by atoms with Crippen molar-refractivity contribution in [2.45, 2.75) is 41.5 Å².